The highest BCUT2D eigenvalue weighted by molar-refractivity contribution is 7.19. The number of esters is 2. The number of fused-ring (bicyclic) bond motifs is 1. The van der Waals surface area contributed by atoms with Gasteiger partial charge in [-0.05, 0) is 18.2 Å². The Bertz CT molecular complexity index is 914. The number of hydrogen-bond donors (Lipinski definition) is 0. The van der Waals surface area contributed by atoms with Gasteiger partial charge in [0.15, 0.2) is 0 Å². The number of nitrogens with zero attached hydrogens (tertiary/aromatic N) is 1. The Morgan fingerprint density at radius 1 is 1.17 bits per heavy atom. The van der Waals surface area contributed by atoms with Crippen LogP contribution in [0.4, 0.5) is 0 Å². The molecule has 0 atom stereocenters. The molecule has 0 unspecified atom stereocenters. The van der Waals surface area contributed by atoms with E-state index in [1.807, 2.05) is 0 Å². The van der Waals surface area contributed by atoms with Crippen molar-refractivity contribution in [2.75, 3.05) is 14.2 Å². The van der Waals surface area contributed by atoms with Gasteiger partial charge in [0.05, 0.1) is 40.1 Å². The van der Waals surface area contributed by atoms with E-state index < -0.39 is 11.9 Å². The van der Waals surface area contributed by atoms with Gasteiger partial charge in [-0.25, -0.2) is 14.6 Å². The lowest BCUT2D eigenvalue weighted by Crippen LogP contribution is -2.02. The number of ether oxygens (including phenoxy) is 2. The van der Waals surface area contributed by atoms with Crippen LogP contribution in [0, 0.1) is 0 Å². The van der Waals surface area contributed by atoms with Crippen LogP contribution in [-0.2, 0) is 9.47 Å². The molecule has 118 valence electrons. The van der Waals surface area contributed by atoms with Crippen LogP contribution in [0.15, 0.2) is 28.7 Å². The van der Waals surface area contributed by atoms with E-state index in [2.05, 4.69) is 9.72 Å². The van der Waals surface area contributed by atoms with E-state index in [-0.39, 0.29) is 17.0 Å². The van der Waals surface area contributed by atoms with Gasteiger partial charge in [-0.1, -0.05) is 11.6 Å². The predicted octanol–water partition coefficient (Wildman–Crippen LogP) is 3.78. The van der Waals surface area contributed by atoms with Gasteiger partial charge in [0.25, 0.3) is 0 Å². The van der Waals surface area contributed by atoms with Crippen molar-refractivity contribution >= 4 is 46.0 Å². The summed E-state index contributed by atoms with van der Waals surface area (Å²) >= 11 is 7.25. The molecule has 0 saturated heterocycles. The molecule has 3 aromatic heterocycles. The maximum Gasteiger partial charge on any atom is 0.374 e. The molecule has 0 aliphatic carbocycles. The predicted molar refractivity (Wildman–Crippen MR) is 85.0 cm³/mol. The minimum Gasteiger partial charge on any atom is -0.465 e. The Balaban J connectivity index is 2.24. The summed E-state index contributed by atoms with van der Waals surface area (Å²) in [5.74, 6) is -1.25. The largest absolute Gasteiger partial charge is 0.465 e. The lowest BCUT2D eigenvalue weighted by molar-refractivity contribution is 0.0565. The fourth-order valence-corrected chi connectivity index (χ4v) is 3.08. The number of hydrogen-bond acceptors (Lipinski definition) is 7. The third-order valence-corrected chi connectivity index (χ3v) is 4.38. The van der Waals surface area contributed by atoms with Gasteiger partial charge < -0.3 is 13.9 Å². The monoisotopic (exact) mass is 351 g/mol. The summed E-state index contributed by atoms with van der Waals surface area (Å²) in [6.07, 6.45) is 0. The normalized spacial score (nSPS) is 10.7. The first-order valence-electron chi connectivity index (χ1n) is 6.40. The molecule has 3 heterocycles. The average Bonchev–Trinajstić information content (AvgIpc) is 3.18. The van der Waals surface area contributed by atoms with Crippen molar-refractivity contribution < 1.29 is 23.5 Å². The maximum absolute atomic E-state index is 12.0. The Kier molecular flexibility index (Phi) is 4.06. The Morgan fingerprint density at radius 2 is 1.91 bits per heavy atom. The molecule has 3 aromatic rings. The van der Waals surface area contributed by atoms with E-state index >= 15 is 0 Å². The number of carbonyl (C=O) groups excluding carboxylic acids is 2. The van der Waals surface area contributed by atoms with Crippen LogP contribution in [0.25, 0.3) is 21.7 Å². The minimum absolute atomic E-state index is 0.0403. The van der Waals surface area contributed by atoms with Crippen molar-refractivity contribution in [3.8, 4) is 10.6 Å². The first-order valence-corrected chi connectivity index (χ1v) is 7.60. The van der Waals surface area contributed by atoms with Crippen LogP contribution in [-0.4, -0.2) is 31.1 Å². The van der Waals surface area contributed by atoms with Crippen molar-refractivity contribution in [3.05, 3.63) is 39.9 Å². The van der Waals surface area contributed by atoms with E-state index in [1.165, 1.54) is 31.6 Å². The summed E-state index contributed by atoms with van der Waals surface area (Å²) in [4.78, 5) is 28.8. The molecule has 0 aliphatic heterocycles. The first-order chi connectivity index (χ1) is 11.0. The van der Waals surface area contributed by atoms with E-state index in [0.29, 0.717) is 15.4 Å². The average molecular weight is 352 g/mol. The number of pyridine rings is 1. The third-order valence-electron chi connectivity index (χ3n) is 3.12. The summed E-state index contributed by atoms with van der Waals surface area (Å²) in [6, 6.07) is 6.50. The molecular formula is C15H10ClNO5S. The number of halogens is 1. The molecular weight excluding hydrogens is 342 g/mol. The standard InChI is InChI=1S/C15H10ClNO5S/c1-20-14(18)8-5-9(11-3-4-12(16)23-11)17-13-7(8)6-10(22-13)15(19)21-2/h3-6H,1-2H3. The molecule has 0 bridgehead atoms. The minimum atomic E-state index is -0.653. The second-order valence-electron chi connectivity index (χ2n) is 4.47. The zero-order valence-corrected chi connectivity index (χ0v) is 13.7. The van der Waals surface area contributed by atoms with Crippen LogP contribution in [0.5, 0.6) is 0 Å². The van der Waals surface area contributed by atoms with Crippen molar-refractivity contribution in [2.45, 2.75) is 0 Å². The SMILES string of the molecule is COC(=O)c1cc2c(C(=O)OC)cc(-c3ccc(Cl)s3)nc2o1. The summed E-state index contributed by atoms with van der Waals surface area (Å²) in [5.41, 5.74) is 0.893. The fourth-order valence-electron chi connectivity index (χ4n) is 2.07. The molecule has 0 aromatic carbocycles. The summed E-state index contributed by atoms with van der Waals surface area (Å²) < 4.78 is 15.4. The third kappa shape index (κ3) is 2.80. The molecule has 23 heavy (non-hydrogen) atoms. The van der Waals surface area contributed by atoms with Crippen molar-refractivity contribution in [2.24, 2.45) is 0 Å². The lowest BCUT2D eigenvalue weighted by atomic mass is 10.1. The second kappa shape index (κ2) is 6.02. The van der Waals surface area contributed by atoms with Crippen LogP contribution in [0.3, 0.4) is 0 Å². The summed E-state index contributed by atoms with van der Waals surface area (Å²) in [6.45, 7) is 0. The molecule has 0 N–H and O–H groups in total. The zero-order chi connectivity index (χ0) is 16.6. The number of furan rings is 1. The summed E-state index contributed by atoms with van der Waals surface area (Å²) in [7, 11) is 2.51. The maximum atomic E-state index is 12.0. The number of carbonyl (C=O) groups is 2. The zero-order valence-electron chi connectivity index (χ0n) is 12.1. The molecule has 0 amide bonds. The number of rotatable bonds is 3. The lowest BCUT2D eigenvalue weighted by Gasteiger charge is -2.03. The van der Waals surface area contributed by atoms with Gasteiger partial charge in [-0.3, -0.25) is 0 Å². The summed E-state index contributed by atoms with van der Waals surface area (Å²) in [5, 5.41) is 0.378. The van der Waals surface area contributed by atoms with Crippen LogP contribution >= 0.6 is 22.9 Å². The van der Waals surface area contributed by atoms with Crippen molar-refractivity contribution in [1.29, 1.82) is 0 Å². The van der Waals surface area contributed by atoms with Gasteiger partial charge in [-0.2, -0.15) is 0 Å². The van der Waals surface area contributed by atoms with Gasteiger partial charge >= 0.3 is 11.9 Å². The van der Waals surface area contributed by atoms with E-state index in [9.17, 15) is 9.59 Å². The van der Waals surface area contributed by atoms with Crippen LogP contribution in [0.1, 0.15) is 20.9 Å². The first kappa shape index (κ1) is 15.5. The molecule has 6 nitrogen and oxygen atoms in total. The molecule has 0 saturated carbocycles. The van der Waals surface area contributed by atoms with E-state index in [1.54, 1.807) is 18.2 Å². The molecule has 0 spiro atoms. The van der Waals surface area contributed by atoms with Gasteiger partial charge in [0.2, 0.25) is 11.5 Å². The Morgan fingerprint density at radius 3 is 2.52 bits per heavy atom. The topological polar surface area (TPSA) is 78.6 Å². The van der Waals surface area contributed by atoms with E-state index in [4.69, 9.17) is 20.8 Å². The van der Waals surface area contributed by atoms with Crippen LogP contribution < -0.4 is 0 Å². The fraction of sp³-hybridized carbons (Fsp3) is 0.133. The molecule has 0 fully saturated rings. The highest BCUT2D eigenvalue weighted by Crippen LogP contribution is 2.33. The van der Waals surface area contributed by atoms with Gasteiger partial charge in [-0.15, -0.1) is 11.3 Å². The number of aromatic nitrogens is 1. The Hall–Kier alpha value is -2.38. The van der Waals surface area contributed by atoms with Crippen LogP contribution in [0.2, 0.25) is 4.34 Å². The quantitative estimate of drug-likeness (QED) is 0.668. The van der Waals surface area contributed by atoms with Crippen molar-refractivity contribution in [1.82, 2.24) is 4.98 Å². The highest BCUT2D eigenvalue weighted by Gasteiger charge is 2.21. The van der Waals surface area contributed by atoms with Crippen molar-refractivity contribution in [3.63, 3.8) is 0 Å². The second-order valence-corrected chi connectivity index (χ2v) is 6.19. The van der Waals surface area contributed by atoms with E-state index in [0.717, 1.165) is 4.88 Å². The Labute approximate surface area is 139 Å². The van der Waals surface area contributed by atoms with Gasteiger partial charge in [0, 0.05) is 6.07 Å². The molecule has 8 heteroatoms. The number of thiophene rings is 1. The molecule has 3 rings (SSSR count). The molecule has 0 aliphatic rings. The highest BCUT2D eigenvalue weighted by atomic mass is 35.5. The molecule has 0 radical (unpaired) electrons. The smallest absolute Gasteiger partial charge is 0.374 e. The number of methoxy groups -OCH3 is 2. The van der Waals surface area contributed by atoms with Gasteiger partial charge in [0.1, 0.15) is 0 Å².